The molecule has 0 unspecified atom stereocenters. The minimum Gasteiger partial charge on any atom is -0.341 e. The molecule has 0 saturated heterocycles. The number of benzene rings is 1. The van der Waals surface area contributed by atoms with Gasteiger partial charge in [-0.2, -0.15) is 0 Å². The second-order valence-corrected chi connectivity index (χ2v) is 6.53. The molecule has 0 N–H and O–H groups in total. The molecule has 0 spiro atoms. The second-order valence-electron chi connectivity index (χ2n) is 4.75. The lowest BCUT2D eigenvalue weighted by Gasteiger charge is -2.04. The zero-order chi connectivity index (χ0) is 14.1. The predicted molar refractivity (Wildman–Crippen MR) is 87.2 cm³/mol. The molecule has 2 heterocycles. The van der Waals surface area contributed by atoms with Crippen molar-refractivity contribution in [2.75, 3.05) is 0 Å². The van der Waals surface area contributed by atoms with Gasteiger partial charge in [0.15, 0.2) is 0 Å². The fourth-order valence-electron chi connectivity index (χ4n) is 2.28. The van der Waals surface area contributed by atoms with Crippen LogP contribution in [0.5, 0.6) is 0 Å². The highest BCUT2D eigenvalue weighted by Gasteiger charge is 2.08. The Balaban J connectivity index is 1.94. The number of aromatic nitrogens is 2. The average molecular weight is 325 g/mol. The van der Waals surface area contributed by atoms with Gasteiger partial charge in [-0.15, -0.1) is 11.3 Å². The van der Waals surface area contributed by atoms with Crippen molar-refractivity contribution in [2.24, 2.45) is 0 Å². The van der Waals surface area contributed by atoms with E-state index in [2.05, 4.69) is 21.9 Å². The largest absolute Gasteiger partial charge is 0.341 e. The number of aryl methyl sites for hydroxylation is 1. The van der Waals surface area contributed by atoms with Crippen LogP contribution in [0.4, 0.5) is 0 Å². The molecule has 0 fully saturated rings. The normalized spacial score (nSPS) is 11.3. The van der Waals surface area contributed by atoms with Crippen LogP contribution in [0.3, 0.4) is 0 Å². The van der Waals surface area contributed by atoms with Crippen LogP contribution < -0.4 is 0 Å². The summed E-state index contributed by atoms with van der Waals surface area (Å²) in [6, 6.07) is 5.74. The number of hydrogen-bond acceptors (Lipinski definition) is 2. The second kappa shape index (κ2) is 5.76. The monoisotopic (exact) mass is 324 g/mol. The van der Waals surface area contributed by atoms with E-state index in [0.29, 0.717) is 10.0 Å². The van der Waals surface area contributed by atoms with Gasteiger partial charge in [-0.3, -0.25) is 0 Å². The molecule has 0 bridgehead atoms. The predicted octanol–water partition coefficient (Wildman–Crippen LogP) is 5.41. The van der Waals surface area contributed by atoms with Gasteiger partial charge in [-0.05, 0) is 31.0 Å². The molecular formula is C15H14Cl2N2S. The van der Waals surface area contributed by atoms with Crippen LogP contribution in [-0.2, 0) is 13.0 Å². The quantitative estimate of drug-likeness (QED) is 0.627. The first kappa shape index (κ1) is 13.9. The summed E-state index contributed by atoms with van der Waals surface area (Å²) in [6.07, 6.45) is 4.21. The van der Waals surface area contributed by atoms with Gasteiger partial charge in [-0.25, -0.2) is 4.98 Å². The van der Waals surface area contributed by atoms with Gasteiger partial charge >= 0.3 is 0 Å². The summed E-state index contributed by atoms with van der Waals surface area (Å²) < 4.78 is 2.14. The summed E-state index contributed by atoms with van der Waals surface area (Å²) in [6.45, 7) is 2.92. The van der Waals surface area contributed by atoms with E-state index in [0.717, 1.165) is 36.0 Å². The van der Waals surface area contributed by atoms with E-state index in [-0.39, 0.29) is 0 Å². The first-order valence-electron chi connectivity index (χ1n) is 6.54. The lowest BCUT2D eigenvalue weighted by molar-refractivity contribution is 0.801. The third-order valence-corrected chi connectivity index (χ3v) is 4.69. The Hall–Kier alpha value is -1.03. The van der Waals surface area contributed by atoms with Crippen molar-refractivity contribution in [1.82, 2.24) is 9.55 Å². The minimum absolute atomic E-state index is 0.660. The minimum atomic E-state index is 0.660. The van der Waals surface area contributed by atoms with Crippen LogP contribution in [0, 0.1) is 0 Å². The van der Waals surface area contributed by atoms with Crippen molar-refractivity contribution in [3.8, 4) is 0 Å². The average Bonchev–Trinajstić information content (AvgIpc) is 2.99. The summed E-state index contributed by atoms with van der Waals surface area (Å²) >= 11 is 14.0. The maximum Gasteiger partial charge on any atom is 0.0928 e. The molecule has 2 nitrogen and oxygen atoms in total. The van der Waals surface area contributed by atoms with Crippen molar-refractivity contribution in [3.63, 3.8) is 0 Å². The van der Waals surface area contributed by atoms with Crippen LogP contribution in [0.1, 0.15) is 24.0 Å². The fraction of sp³-hybridized carbons (Fsp3) is 0.267. The Kier molecular flexibility index (Phi) is 4.01. The number of thiazole rings is 1. The van der Waals surface area contributed by atoms with E-state index >= 15 is 0 Å². The molecular weight excluding hydrogens is 311 g/mol. The molecule has 0 aliphatic heterocycles. The smallest absolute Gasteiger partial charge is 0.0928 e. The molecule has 1 aromatic carbocycles. The molecule has 2 aromatic heterocycles. The van der Waals surface area contributed by atoms with Gasteiger partial charge < -0.3 is 4.57 Å². The van der Waals surface area contributed by atoms with E-state index in [4.69, 9.17) is 23.2 Å². The summed E-state index contributed by atoms with van der Waals surface area (Å²) in [4.78, 5) is 4.66. The Bertz CT molecular complexity index is 745. The molecule has 5 heteroatoms. The first-order valence-corrected chi connectivity index (χ1v) is 8.18. The number of nitrogens with zero attached hydrogens (tertiary/aromatic N) is 2. The maximum atomic E-state index is 6.21. The molecule has 0 aliphatic carbocycles. The van der Waals surface area contributed by atoms with E-state index in [1.165, 1.54) is 5.01 Å². The molecule has 0 atom stereocenters. The molecule has 0 amide bonds. The zero-order valence-electron chi connectivity index (χ0n) is 11.1. The van der Waals surface area contributed by atoms with E-state index in [9.17, 15) is 0 Å². The van der Waals surface area contributed by atoms with Crippen LogP contribution in [0.2, 0.25) is 10.0 Å². The molecule has 0 radical (unpaired) electrons. The summed E-state index contributed by atoms with van der Waals surface area (Å²) in [7, 11) is 0. The Labute approximate surface area is 132 Å². The lowest BCUT2D eigenvalue weighted by Crippen LogP contribution is -1.98. The molecule has 3 rings (SSSR count). The highest BCUT2D eigenvalue weighted by molar-refractivity contribution is 7.09. The molecule has 0 aliphatic rings. The van der Waals surface area contributed by atoms with Gasteiger partial charge in [0.2, 0.25) is 0 Å². The third kappa shape index (κ3) is 2.71. The summed E-state index contributed by atoms with van der Waals surface area (Å²) in [5.74, 6) is 0. The van der Waals surface area contributed by atoms with Gasteiger partial charge in [0.1, 0.15) is 0 Å². The van der Waals surface area contributed by atoms with Gasteiger partial charge in [0.05, 0.1) is 27.8 Å². The fourth-order valence-corrected chi connectivity index (χ4v) is 3.72. The number of halogens is 2. The third-order valence-electron chi connectivity index (χ3n) is 3.20. The van der Waals surface area contributed by atoms with Gasteiger partial charge in [0.25, 0.3) is 0 Å². The first-order chi connectivity index (χ1) is 9.67. The molecule has 3 aromatic rings. The van der Waals surface area contributed by atoms with Crippen molar-refractivity contribution in [3.05, 3.63) is 50.5 Å². The van der Waals surface area contributed by atoms with Gasteiger partial charge in [-0.1, -0.05) is 30.1 Å². The molecule has 0 saturated carbocycles. The topological polar surface area (TPSA) is 17.8 Å². The highest BCUT2D eigenvalue weighted by atomic mass is 35.5. The van der Waals surface area contributed by atoms with E-state index < -0.39 is 0 Å². The summed E-state index contributed by atoms with van der Waals surface area (Å²) in [5.41, 5.74) is 2.14. The zero-order valence-corrected chi connectivity index (χ0v) is 13.4. The van der Waals surface area contributed by atoms with Crippen LogP contribution in [0.25, 0.3) is 10.9 Å². The molecule has 20 heavy (non-hydrogen) atoms. The van der Waals surface area contributed by atoms with E-state index in [1.807, 2.05) is 18.3 Å². The van der Waals surface area contributed by atoms with E-state index in [1.54, 1.807) is 17.4 Å². The Morgan fingerprint density at radius 3 is 2.95 bits per heavy atom. The van der Waals surface area contributed by atoms with Gasteiger partial charge in [0, 0.05) is 22.0 Å². The van der Waals surface area contributed by atoms with Crippen LogP contribution in [0.15, 0.2) is 29.8 Å². The van der Waals surface area contributed by atoms with Crippen LogP contribution >= 0.6 is 34.5 Å². The Morgan fingerprint density at radius 1 is 1.30 bits per heavy atom. The standard InChI is InChI=1S/C15H14Cl2N2S/c1-2-3-15-18-11(9-20-15)8-19-5-4-12-13(17)6-10(16)7-14(12)19/h4-7,9H,2-3,8H2,1H3. The lowest BCUT2D eigenvalue weighted by atomic mass is 10.2. The number of rotatable bonds is 4. The Morgan fingerprint density at radius 2 is 2.15 bits per heavy atom. The van der Waals surface area contributed by atoms with Crippen molar-refractivity contribution in [1.29, 1.82) is 0 Å². The number of hydrogen-bond donors (Lipinski definition) is 0. The van der Waals surface area contributed by atoms with Crippen molar-refractivity contribution in [2.45, 2.75) is 26.3 Å². The van der Waals surface area contributed by atoms with Crippen molar-refractivity contribution < 1.29 is 0 Å². The van der Waals surface area contributed by atoms with Crippen LogP contribution in [-0.4, -0.2) is 9.55 Å². The highest BCUT2D eigenvalue weighted by Crippen LogP contribution is 2.29. The summed E-state index contributed by atoms with van der Waals surface area (Å²) in [5, 5.41) is 5.71. The number of fused-ring (bicyclic) bond motifs is 1. The maximum absolute atomic E-state index is 6.21. The van der Waals surface area contributed by atoms with Crippen molar-refractivity contribution >= 4 is 45.4 Å². The molecule has 104 valence electrons. The SMILES string of the molecule is CCCc1nc(Cn2ccc3c(Cl)cc(Cl)cc32)cs1.